The zero-order chi connectivity index (χ0) is 24.4. The Labute approximate surface area is 201 Å². The van der Waals surface area contributed by atoms with Gasteiger partial charge in [0, 0.05) is 16.0 Å². The summed E-state index contributed by atoms with van der Waals surface area (Å²) in [6.07, 6.45) is 0. The molecule has 1 aliphatic rings. The molecule has 2 heterocycles. The number of amides is 1. The van der Waals surface area contributed by atoms with E-state index in [1.807, 2.05) is 17.5 Å². The molecule has 0 radical (unpaired) electrons. The van der Waals surface area contributed by atoms with Crippen LogP contribution in [0.1, 0.15) is 27.6 Å². The molecule has 1 fully saturated rings. The number of carbonyl (C=O) groups is 2. The molecule has 176 valence electrons. The van der Waals surface area contributed by atoms with Crippen LogP contribution in [-0.2, 0) is 16.1 Å². The number of hydrogen-bond acceptors (Lipinski definition) is 7. The maximum atomic E-state index is 13.3. The van der Waals surface area contributed by atoms with Gasteiger partial charge in [-0.2, -0.15) is 0 Å². The van der Waals surface area contributed by atoms with Crippen LogP contribution in [0, 0.1) is 6.92 Å². The number of aliphatic hydroxyl groups is 1. The van der Waals surface area contributed by atoms with Crippen molar-refractivity contribution in [1.29, 1.82) is 0 Å². The van der Waals surface area contributed by atoms with Crippen LogP contribution < -0.4 is 14.2 Å². The average molecular weight is 480 g/mol. The van der Waals surface area contributed by atoms with Crippen LogP contribution in [-0.4, -0.2) is 43.0 Å². The molecule has 1 aliphatic heterocycles. The van der Waals surface area contributed by atoms with Gasteiger partial charge in [-0.15, -0.1) is 11.3 Å². The fourth-order valence-electron chi connectivity index (χ4n) is 4.24. The summed E-state index contributed by atoms with van der Waals surface area (Å²) >= 11 is 1.49. The summed E-state index contributed by atoms with van der Waals surface area (Å²) in [7, 11) is 4.57. The minimum atomic E-state index is -0.867. The number of thiophene rings is 1. The number of hydrogen-bond donors (Lipinski definition) is 1. The van der Waals surface area contributed by atoms with E-state index in [2.05, 4.69) is 0 Å². The van der Waals surface area contributed by atoms with Crippen LogP contribution in [0.4, 0.5) is 0 Å². The topological polar surface area (TPSA) is 85.3 Å². The highest BCUT2D eigenvalue weighted by atomic mass is 32.1. The van der Waals surface area contributed by atoms with Crippen LogP contribution in [0.3, 0.4) is 0 Å². The zero-order valence-electron chi connectivity index (χ0n) is 19.3. The van der Waals surface area contributed by atoms with Crippen LogP contribution >= 0.6 is 11.3 Å². The number of carbonyl (C=O) groups excluding carboxylic acids is 2. The highest BCUT2D eigenvalue weighted by molar-refractivity contribution is 7.09. The summed E-state index contributed by atoms with van der Waals surface area (Å²) in [6, 6.07) is 13.3. The first-order valence-corrected chi connectivity index (χ1v) is 11.5. The number of likely N-dealkylation sites (tertiary alicyclic amines) is 1. The number of aryl methyl sites for hydroxylation is 1. The van der Waals surface area contributed by atoms with E-state index in [4.69, 9.17) is 14.2 Å². The van der Waals surface area contributed by atoms with Crippen LogP contribution in [0.5, 0.6) is 17.2 Å². The van der Waals surface area contributed by atoms with Gasteiger partial charge in [-0.1, -0.05) is 18.2 Å². The zero-order valence-corrected chi connectivity index (χ0v) is 20.1. The van der Waals surface area contributed by atoms with E-state index in [1.165, 1.54) is 30.5 Å². The number of nitrogens with zero attached hydrogens (tertiary/aromatic N) is 1. The summed E-state index contributed by atoms with van der Waals surface area (Å²) in [6.45, 7) is 2.02. The molecule has 4 rings (SSSR count). The molecule has 3 aromatic rings. The molecule has 0 aliphatic carbocycles. The molecular weight excluding hydrogens is 454 g/mol. The Balaban J connectivity index is 1.95. The Morgan fingerprint density at radius 2 is 1.82 bits per heavy atom. The van der Waals surface area contributed by atoms with Crippen molar-refractivity contribution in [2.45, 2.75) is 19.5 Å². The third kappa shape index (κ3) is 4.01. The van der Waals surface area contributed by atoms with Crippen molar-refractivity contribution < 1.29 is 28.9 Å². The molecule has 0 saturated carbocycles. The molecule has 34 heavy (non-hydrogen) atoms. The van der Waals surface area contributed by atoms with Gasteiger partial charge in [-0.3, -0.25) is 9.59 Å². The molecule has 1 unspecified atom stereocenters. The first-order chi connectivity index (χ1) is 16.4. The van der Waals surface area contributed by atoms with Crippen molar-refractivity contribution in [3.8, 4) is 17.2 Å². The van der Waals surface area contributed by atoms with Crippen molar-refractivity contribution in [3.63, 3.8) is 0 Å². The summed E-state index contributed by atoms with van der Waals surface area (Å²) in [5.74, 6) is -0.205. The number of Topliss-reactive ketones (excluding diaryl/α,β-unsaturated/α-hetero) is 1. The number of rotatable bonds is 7. The van der Waals surface area contributed by atoms with Crippen molar-refractivity contribution >= 4 is 28.8 Å². The summed E-state index contributed by atoms with van der Waals surface area (Å²) in [4.78, 5) is 29.0. The van der Waals surface area contributed by atoms with Gasteiger partial charge in [0.05, 0.1) is 39.5 Å². The van der Waals surface area contributed by atoms with Crippen molar-refractivity contribution in [2.75, 3.05) is 21.3 Å². The normalized spacial score (nSPS) is 17.2. The highest BCUT2D eigenvalue weighted by Gasteiger charge is 2.47. The summed E-state index contributed by atoms with van der Waals surface area (Å²) in [5.41, 5.74) is 1.70. The van der Waals surface area contributed by atoms with Gasteiger partial charge in [0.25, 0.3) is 11.7 Å². The molecule has 1 amide bonds. The Bertz CT molecular complexity index is 1260. The quantitative estimate of drug-likeness (QED) is 0.300. The Morgan fingerprint density at radius 1 is 1.03 bits per heavy atom. The van der Waals surface area contributed by atoms with Gasteiger partial charge in [0.15, 0.2) is 11.5 Å². The first-order valence-electron chi connectivity index (χ1n) is 10.6. The summed E-state index contributed by atoms with van der Waals surface area (Å²) < 4.78 is 16.3. The molecule has 8 heteroatoms. The van der Waals surface area contributed by atoms with Crippen molar-refractivity contribution in [3.05, 3.63) is 81.1 Å². The molecule has 1 saturated heterocycles. The lowest BCUT2D eigenvalue weighted by Crippen LogP contribution is -2.29. The predicted octanol–water partition coefficient (Wildman–Crippen LogP) is 4.70. The maximum Gasteiger partial charge on any atom is 0.295 e. The third-order valence-electron chi connectivity index (χ3n) is 5.86. The smallest absolute Gasteiger partial charge is 0.295 e. The number of methoxy groups -OCH3 is 3. The minimum absolute atomic E-state index is 0.00127. The maximum absolute atomic E-state index is 13.3. The molecule has 0 bridgehead atoms. The minimum Gasteiger partial charge on any atom is -0.507 e. The van der Waals surface area contributed by atoms with E-state index in [9.17, 15) is 14.7 Å². The van der Waals surface area contributed by atoms with E-state index in [0.29, 0.717) is 33.9 Å². The Kier molecular flexibility index (Phi) is 6.61. The largest absolute Gasteiger partial charge is 0.507 e. The van der Waals surface area contributed by atoms with Gasteiger partial charge < -0.3 is 24.2 Å². The second-order valence-corrected chi connectivity index (χ2v) is 8.80. The fourth-order valence-corrected chi connectivity index (χ4v) is 4.94. The average Bonchev–Trinajstić information content (AvgIpc) is 3.45. The van der Waals surface area contributed by atoms with Crippen molar-refractivity contribution in [1.82, 2.24) is 4.90 Å². The highest BCUT2D eigenvalue weighted by Crippen LogP contribution is 2.46. The SMILES string of the molecule is COc1ccc(/C(O)=C2\C(=O)C(=O)N(Cc3cccs3)C2c2cccc(OC)c2OC)c(C)c1. The Hall–Kier alpha value is -3.78. The lowest BCUT2D eigenvalue weighted by molar-refractivity contribution is -0.140. The standard InChI is InChI=1S/C26H25NO6S/c1-15-13-16(31-2)10-11-18(15)23(28)21-22(19-8-5-9-20(32-3)25(19)33-4)27(26(30)24(21)29)14-17-7-6-12-34-17/h5-13,22,28H,14H2,1-4H3/b23-21+. The van der Waals surface area contributed by atoms with Crippen LogP contribution in [0.2, 0.25) is 0 Å². The third-order valence-corrected chi connectivity index (χ3v) is 6.72. The second kappa shape index (κ2) is 9.61. The molecule has 0 spiro atoms. The molecule has 7 nitrogen and oxygen atoms in total. The second-order valence-electron chi connectivity index (χ2n) is 7.77. The van der Waals surface area contributed by atoms with E-state index < -0.39 is 17.7 Å². The lowest BCUT2D eigenvalue weighted by atomic mass is 9.93. The predicted molar refractivity (Wildman–Crippen MR) is 129 cm³/mol. The van der Waals surface area contributed by atoms with Crippen molar-refractivity contribution in [2.24, 2.45) is 0 Å². The van der Waals surface area contributed by atoms with Crippen LogP contribution in [0.25, 0.3) is 5.76 Å². The number of para-hydroxylation sites is 1. The summed E-state index contributed by atoms with van der Waals surface area (Å²) in [5, 5.41) is 13.3. The number of aliphatic hydroxyl groups excluding tert-OH is 1. The van der Waals surface area contributed by atoms with Crippen LogP contribution in [0.15, 0.2) is 59.5 Å². The van der Waals surface area contributed by atoms with E-state index in [1.54, 1.807) is 50.4 Å². The molecule has 1 N–H and O–H groups in total. The number of ether oxygens (including phenoxy) is 3. The van der Waals surface area contributed by atoms with Gasteiger partial charge >= 0.3 is 0 Å². The Morgan fingerprint density at radius 3 is 2.44 bits per heavy atom. The van der Waals surface area contributed by atoms with E-state index in [0.717, 1.165) is 4.88 Å². The van der Waals surface area contributed by atoms with E-state index in [-0.39, 0.29) is 17.9 Å². The molecule has 1 aromatic heterocycles. The molecule has 2 aromatic carbocycles. The van der Waals surface area contributed by atoms with Gasteiger partial charge in [-0.25, -0.2) is 0 Å². The fraction of sp³-hybridized carbons (Fsp3) is 0.231. The first kappa shape index (κ1) is 23.4. The number of benzene rings is 2. The monoisotopic (exact) mass is 479 g/mol. The van der Waals surface area contributed by atoms with E-state index >= 15 is 0 Å². The van der Waals surface area contributed by atoms with Gasteiger partial charge in [0.2, 0.25) is 0 Å². The van der Waals surface area contributed by atoms with Gasteiger partial charge in [0.1, 0.15) is 11.5 Å². The number of ketones is 1. The van der Waals surface area contributed by atoms with Gasteiger partial charge in [-0.05, 0) is 48.2 Å². The molecular formula is C26H25NO6S. The molecule has 1 atom stereocenters. The lowest BCUT2D eigenvalue weighted by Gasteiger charge is -2.27.